The van der Waals surface area contributed by atoms with Gasteiger partial charge in [0.25, 0.3) is 0 Å². The van der Waals surface area contributed by atoms with E-state index in [1.807, 2.05) is 21.1 Å². The summed E-state index contributed by atoms with van der Waals surface area (Å²) in [6.07, 6.45) is 51.7. The molecule has 0 heterocycles. The number of unbranched alkanes of at least 4 members (excludes halogenated alkanes) is 38. The normalized spacial score (nSPS) is 13.3. The maximum Gasteiger partial charge on any atom is 0.472 e. The number of hydrogen-bond acceptors (Lipinski definition) is 7. The van der Waals surface area contributed by atoms with E-state index in [0.29, 0.717) is 17.4 Å². The van der Waals surface area contributed by atoms with Crippen molar-refractivity contribution in [3.05, 3.63) is 0 Å². The van der Waals surface area contributed by atoms with E-state index in [1.165, 1.54) is 218 Å². The molecule has 0 amide bonds. The molecule has 0 saturated heterocycles. The molecular weight excluding hydrogens is 822 g/mol. The van der Waals surface area contributed by atoms with Crippen LogP contribution in [0.3, 0.4) is 0 Å². The van der Waals surface area contributed by atoms with Gasteiger partial charge in [-0.2, -0.15) is 0 Å². The highest BCUT2D eigenvalue weighted by atomic mass is 31.2. The lowest BCUT2D eigenvalue weighted by atomic mass is 10.0. The van der Waals surface area contributed by atoms with Crippen LogP contribution in [0.15, 0.2) is 0 Å². The number of rotatable bonds is 52. The maximum atomic E-state index is 12.8. The van der Waals surface area contributed by atoms with Gasteiger partial charge < -0.3 is 18.9 Å². The zero-order valence-corrected chi connectivity index (χ0v) is 44.2. The van der Waals surface area contributed by atoms with Crippen LogP contribution >= 0.6 is 7.82 Å². The van der Waals surface area contributed by atoms with Crippen LogP contribution in [0.25, 0.3) is 0 Å². The van der Waals surface area contributed by atoms with Crippen LogP contribution < -0.4 is 0 Å². The quantitative estimate of drug-likeness (QED) is 0.0278. The Bertz CT molecular complexity index is 1050. The number of carbonyl (C=O) groups is 2. The molecule has 64 heavy (non-hydrogen) atoms. The summed E-state index contributed by atoms with van der Waals surface area (Å²) in [4.78, 5) is 35.6. The second kappa shape index (κ2) is 47.1. The fourth-order valence-corrected chi connectivity index (χ4v) is 9.05. The molecule has 0 rings (SSSR count). The van der Waals surface area contributed by atoms with Crippen molar-refractivity contribution in [1.82, 2.24) is 0 Å². The molecule has 0 aromatic heterocycles. The molecule has 9 nitrogen and oxygen atoms in total. The first-order valence-electron chi connectivity index (χ1n) is 27.8. The first-order chi connectivity index (χ1) is 31.0. The van der Waals surface area contributed by atoms with Crippen LogP contribution in [0.1, 0.15) is 284 Å². The van der Waals surface area contributed by atoms with Crippen molar-refractivity contribution in [2.75, 3.05) is 47.5 Å². The van der Waals surface area contributed by atoms with Crippen LogP contribution in [0.2, 0.25) is 0 Å². The van der Waals surface area contributed by atoms with Crippen molar-refractivity contribution < 1.29 is 42.1 Å². The fraction of sp³-hybridized carbons (Fsp3) is 0.963. The van der Waals surface area contributed by atoms with Gasteiger partial charge in [0.15, 0.2) is 6.10 Å². The summed E-state index contributed by atoms with van der Waals surface area (Å²) < 4.78 is 34.5. The predicted octanol–water partition coefficient (Wildman–Crippen LogP) is 16.7. The Morgan fingerprint density at radius 1 is 0.422 bits per heavy atom. The Morgan fingerprint density at radius 3 is 1.00 bits per heavy atom. The molecule has 0 aromatic rings. The molecule has 0 aliphatic rings. The summed E-state index contributed by atoms with van der Waals surface area (Å²) >= 11 is 0. The smallest absolute Gasteiger partial charge is 0.462 e. The van der Waals surface area contributed by atoms with Crippen LogP contribution in [0.4, 0.5) is 0 Å². The highest BCUT2D eigenvalue weighted by Gasteiger charge is 2.27. The monoisotopic (exact) mass is 931 g/mol. The van der Waals surface area contributed by atoms with Gasteiger partial charge in [-0.25, -0.2) is 4.57 Å². The van der Waals surface area contributed by atoms with Crippen molar-refractivity contribution in [1.29, 1.82) is 0 Å². The van der Waals surface area contributed by atoms with Crippen molar-refractivity contribution in [3.63, 3.8) is 0 Å². The topological polar surface area (TPSA) is 108 Å². The molecule has 0 saturated carbocycles. The van der Waals surface area contributed by atoms with Gasteiger partial charge in [-0.1, -0.05) is 258 Å². The lowest BCUT2D eigenvalue weighted by Gasteiger charge is -2.24. The zero-order valence-electron chi connectivity index (χ0n) is 43.3. The number of phosphoric acid groups is 1. The average Bonchev–Trinajstić information content (AvgIpc) is 3.25. The average molecular weight is 931 g/mol. The van der Waals surface area contributed by atoms with Crippen LogP contribution in [-0.2, 0) is 32.7 Å². The van der Waals surface area contributed by atoms with E-state index in [1.54, 1.807) is 0 Å². The van der Waals surface area contributed by atoms with Crippen molar-refractivity contribution in [2.45, 2.75) is 290 Å². The van der Waals surface area contributed by atoms with E-state index < -0.39 is 26.5 Å². The number of quaternary nitrogens is 1. The third-order valence-electron chi connectivity index (χ3n) is 12.6. The molecular formula is C54H109NO8P+. The molecule has 0 aromatic carbocycles. The molecule has 0 fully saturated rings. The lowest BCUT2D eigenvalue weighted by molar-refractivity contribution is -0.870. The summed E-state index contributed by atoms with van der Waals surface area (Å²) in [5.41, 5.74) is 0. The molecule has 10 heteroatoms. The van der Waals surface area contributed by atoms with E-state index in [9.17, 15) is 19.0 Å². The summed E-state index contributed by atoms with van der Waals surface area (Å²) in [5.74, 6) is -0.776. The van der Waals surface area contributed by atoms with Gasteiger partial charge >= 0.3 is 19.8 Å². The summed E-state index contributed by atoms with van der Waals surface area (Å²) in [6.45, 7) is 4.50. The number of likely N-dealkylation sites (N-methyl/N-ethyl adjacent to an activating group) is 1. The molecule has 1 N–H and O–H groups in total. The highest BCUT2D eigenvalue weighted by molar-refractivity contribution is 7.47. The van der Waals surface area contributed by atoms with E-state index in [-0.39, 0.29) is 25.6 Å². The highest BCUT2D eigenvalue weighted by Crippen LogP contribution is 2.43. The van der Waals surface area contributed by atoms with Crippen LogP contribution in [0, 0.1) is 0 Å². The van der Waals surface area contributed by atoms with Gasteiger partial charge in [-0.05, 0) is 12.8 Å². The summed E-state index contributed by atoms with van der Waals surface area (Å²) in [7, 11) is 1.50. The van der Waals surface area contributed by atoms with Gasteiger partial charge in [0.05, 0.1) is 27.7 Å². The molecule has 0 radical (unpaired) electrons. The summed E-state index contributed by atoms with van der Waals surface area (Å²) in [5, 5.41) is 0. The first kappa shape index (κ1) is 63.0. The van der Waals surface area contributed by atoms with Crippen molar-refractivity contribution in [3.8, 4) is 0 Å². The van der Waals surface area contributed by atoms with E-state index in [2.05, 4.69) is 13.8 Å². The Morgan fingerprint density at radius 2 is 0.703 bits per heavy atom. The van der Waals surface area contributed by atoms with E-state index in [4.69, 9.17) is 18.5 Å². The molecule has 0 spiro atoms. The van der Waals surface area contributed by atoms with Crippen molar-refractivity contribution in [2.24, 2.45) is 0 Å². The second-order valence-corrected chi connectivity index (χ2v) is 21.8. The lowest BCUT2D eigenvalue weighted by Crippen LogP contribution is -2.37. The molecule has 2 atom stereocenters. The third-order valence-corrected chi connectivity index (χ3v) is 13.6. The minimum absolute atomic E-state index is 0.0373. The van der Waals surface area contributed by atoms with Gasteiger partial charge in [0.1, 0.15) is 19.8 Å². The Kier molecular flexibility index (Phi) is 46.4. The van der Waals surface area contributed by atoms with E-state index in [0.717, 1.165) is 38.5 Å². The standard InChI is InChI=1S/C54H108NO8P/c1-6-8-10-12-14-16-18-20-22-23-24-25-26-27-28-29-30-31-33-35-37-39-41-43-45-47-54(57)63-52(51-62-64(58,59)61-49-48-55(3,4)5)50-60-53(56)46-44-42-40-38-36-34-32-21-19-17-15-13-11-9-7-2/h52H,6-51H2,1-5H3/p+1. The number of carbonyl (C=O) groups excluding carboxylic acids is 2. The minimum atomic E-state index is -4.37. The minimum Gasteiger partial charge on any atom is -0.462 e. The number of esters is 2. The molecule has 0 aliphatic heterocycles. The molecule has 382 valence electrons. The zero-order chi connectivity index (χ0) is 47.1. The summed E-state index contributed by atoms with van der Waals surface area (Å²) in [6, 6.07) is 0. The SMILES string of the molecule is CCCCCCCCCCCCCCCCCCCCCCCCCCCC(=O)OC(COC(=O)CCCCCCCCCCCCCCCCC)COP(=O)(O)OCC[N+](C)(C)C. The molecule has 0 bridgehead atoms. The van der Waals surface area contributed by atoms with Gasteiger partial charge in [0.2, 0.25) is 0 Å². The fourth-order valence-electron chi connectivity index (χ4n) is 8.31. The van der Waals surface area contributed by atoms with E-state index >= 15 is 0 Å². The molecule has 0 aliphatic carbocycles. The van der Waals surface area contributed by atoms with Crippen LogP contribution in [0.5, 0.6) is 0 Å². The second-order valence-electron chi connectivity index (χ2n) is 20.3. The van der Waals surface area contributed by atoms with Gasteiger partial charge in [0, 0.05) is 12.8 Å². The Balaban J connectivity index is 4.10. The Hall–Kier alpha value is -0.990. The largest absolute Gasteiger partial charge is 0.472 e. The van der Waals surface area contributed by atoms with Crippen LogP contribution in [-0.4, -0.2) is 74.9 Å². The van der Waals surface area contributed by atoms with Gasteiger partial charge in [-0.3, -0.25) is 18.6 Å². The number of nitrogens with zero attached hydrogens (tertiary/aromatic N) is 1. The number of phosphoric ester groups is 1. The number of hydrogen-bond donors (Lipinski definition) is 1. The third kappa shape index (κ3) is 50.4. The molecule has 2 unspecified atom stereocenters. The maximum absolute atomic E-state index is 12.8. The first-order valence-corrected chi connectivity index (χ1v) is 29.3. The predicted molar refractivity (Wildman–Crippen MR) is 271 cm³/mol. The Labute approximate surface area is 397 Å². The number of ether oxygens (including phenoxy) is 2. The van der Waals surface area contributed by atoms with Gasteiger partial charge in [-0.15, -0.1) is 0 Å². The van der Waals surface area contributed by atoms with Crippen molar-refractivity contribution >= 4 is 19.8 Å².